The molecule has 218 valence electrons. The van der Waals surface area contributed by atoms with E-state index < -0.39 is 46.5 Å². The quantitative estimate of drug-likeness (QED) is 0.198. The van der Waals surface area contributed by atoms with Crippen LogP contribution < -0.4 is 16.0 Å². The Balaban J connectivity index is 1.48. The highest BCUT2D eigenvalue weighted by atomic mass is 32.2. The molecule has 4 rings (SSSR count). The summed E-state index contributed by atoms with van der Waals surface area (Å²) in [4.78, 5) is 37.4. The molecular formula is C25H30N8O7S. The van der Waals surface area contributed by atoms with E-state index >= 15 is 0 Å². The van der Waals surface area contributed by atoms with Crippen molar-refractivity contribution < 1.29 is 33.0 Å². The number of rotatable bonds is 11. The minimum atomic E-state index is -3.80. The first kappa shape index (κ1) is 29.8. The summed E-state index contributed by atoms with van der Waals surface area (Å²) >= 11 is 0. The fourth-order valence-electron chi connectivity index (χ4n) is 4.20. The fraction of sp³-hybridized carbons (Fsp3) is 0.320. The molecule has 5 N–H and O–H groups in total. The number of amides is 3. The molecule has 3 amide bonds. The van der Waals surface area contributed by atoms with Crippen molar-refractivity contribution in [3.05, 3.63) is 62.2 Å². The fourth-order valence-corrected chi connectivity index (χ4v) is 5.58. The van der Waals surface area contributed by atoms with Crippen LogP contribution in [0.2, 0.25) is 0 Å². The number of carbonyl (C=O) groups excluding carboxylic acids is 2. The summed E-state index contributed by atoms with van der Waals surface area (Å²) in [5, 5.41) is 28.6. The van der Waals surface area contributed by atoms with Gasteiger partial charge in [0, 0.05) is 25.3 Å². The molecule has 0 saturated carbocycles. The molecule has 4 atom stereocenters. The highest BCUT2D eigenvalue weighted by Gasteiger charge is 2.47. The van der Waals surface area contributed by atoms with Gasteiger partial charge < -0.3 is 25.6 Å². The number of anilines is 2. The Morgan fingerprint density at radius 1 is 1.07 bits per heavy atom. The van der Waals surface area contributed by atoms with Gasteiger partial charge in [0.05, 0.1) is 11.2 Å². The predicted octanol–water partition coefficient (Wildman–Crippen LogP) is 0.588. The van der Waals surface area contributed by atoms with E-state index in [2.05, 4.69) is 44.1 Å². The van der Waals surface area contributed by atoms with Gasteiger partial charge >= 0.3 is 6.03 Å². The Morgan fingerprint density at radius 3 is 2.39 bits per heavy atom. The Morgan fingerprint density at radius 2 is 1.76 bits per heavy atom. The van der Waals surface area contributed by atoms with Crippen LogP contribution in [0.25, 0.3) is 11.2 Å². The minimum absolute atomic E-state index is 0.0308. The minimum Gasteiger partial charge on any atom is -0.387 e. The van der Waals surface area contributed by atoms with Crippen LogP contribution in [0.1, 0.15) is 13.2 Å². The van der Waals surface area contributed by atoms with E-state index in [9.17, 15) is 28.2 Å². The molecule has 1 aliphatic rings. The monoisotopic (exact) mass is 586 g/mol. The standard InChI is InChI=1S/C25H30N8O7S/c1-4-11-32(12-5-2)41(38,39)16-9-7-15(8-10-16)30-25(37)31-21-17-22(28-13-27-21)33(14-29-17)24-19(35)18(34)20(40-24)23(36)26-6-3/h4-5,7-10,13-14,18-20,24,34-35H,1-2,6,11-12H2,3H3,(H,26,36)(H2,27,28,30,31,37)/t18-,19+,20-,24+/m0/s1. The first-order valence-electron chi connectivity index (χ1n) is 12.5. The molecule has 1 aliphatic heterocycles. The van der Waals surface area contributed by atoms with Crippen molar-refractivity contribution in [2.75, 3.05) is 30.3 Å². The predicted molar refractivity (Wildman–Crippen MR) is 148 cm³/mol. The molecule has 0 spiro atoms. The van der Waals surface area contributed by atoms with E-state index in [0.29, 0.717) is 12.2 Å². The number of nitrogens with zero attached hydrogens (tertiary/aromatic N) is 5. The number of aromatic nitrogens is 4. The van der Waals surface area contributed by atoms with Gasteiger partial charge in [0.2, 0.25) is 10.0 Å². The molecule has 2 aromatic heterocycles. The number of benzene rings is 1. The number of sulfonamides is 1. The van der Waals surface area contributed by atoms with Crippen LogP contribution in [-0.2, 0) is 19.6 Å². The van der Waals surface area contributed by atoms with Crippen LogP contribution in [0, 0.1) is 0 Å². The molecule has 41 heavy (non-hydrogen) atoms. The third-order valence-corrected chi connectivity index (χ3v) is 7.97. The topological polar surface area (TPSA) is 201 Å². The summed E-state index contributed by atoms with van der Waals surface area (Å²) in [5.74, 6) is -0.542. The number of carbonyl (C=O) groups is 2. The molecule has 3 heterocycles. The number of imidazole rings is 1. The molecule has 15 nitrogen and oxygen atoms in total. The first-order valence-corrected chi connectivity index (χ1v) is 13.9. The number of urea groups is 1. The van der Waals surface area contributed by atoms with Crippen LogP contribution in [0.4, 0.5) is 16.3 Å². The van der Waals surface area contributed by atoms with Crippen molar-refractivity contribution in [1.29, 1.82) is 0 Å². The molecular weight excluding hydrogens is 556 g/mol. The lowest BCUT2D eigenvalue weighted by Gasteiger charge is -2.19. The number of likely N-dealkylation sites (N-methyl/N-ethyl adjacent to an activating group) is 1. The molecule has 0 aliphatic carbocycles. The molecule has 1 aromatic carbocycles. The summed E-state index contributed by atoms with van der Waals surface area (Å²) in [6.07, 6.45) is -0.0248. The van der Waals surface area contributed by atoms with Gasteiger partial charge in [-0.25, -0.2) is 28.2 Å². The molecule has 0 radical (unpaired) electrons. The van der Waals surface area contributed by atoms with Crippen molar-refractivity contribution >= 4 is 44.6 Å². The summed E-state index contributed by atoms with van der Waals surface area (Å²) < 4.78 is 33.9. The lowest BCUT2D eigenvalue weighted by molar-refractivity contribution is -0.137. The highest BCUT2D eigenvalue weighted by molar-refractivity contribution is 7.89. The van der Waals surface area contributed by atoms with Crippen molar-refractivity contribution in [1.82, 2.24) is 29.1 Å². The van der Waals surface area contributed by atoms with Crippen LogP contribution in [0.15, 0.2) is 67.1 Å². The zero-order chi connectivity index (χ0) is 29.7. The summed E-state index contributed by atoms with van der Waals surface area (Å²) in [7, 11) is -3.80. The third kappa shape index (κ3) is 6.10. The van der Waals surface area contributed by atoms with E-state index in [1.807, 2.05) is 0 Å². The lowest BCUT2D eigenvalue weighted by Crippen LogP contribution is -2.42. The second-order valence-corrected chi connectivity index (χ2v) is 10.8. The summed E-state index contributed by atoms with van der Waals surface area (Å²) in [6, 6.07) is 4.91. The Labute approximate surface area is 235 Å². The Bertz CT molecular complexity index is 1530. The lowest BCUT2D eigenvalue weighted by atomic mass is 10.1. The first-order chi connectivity index (χ1) is 19.6. The van der Waals surface area contributed by atoms with Gasteiger partial charge in [-0.1, -0.05) is 12.2 Å². The SMILES string of the molecule is C=CCN(CC=C)S(=O)(=O)c1ccc(NC(=O)Nc2ncnc3c2ncn3[C@@H]2O[C@H](C(=O)NCC)[C@@H](O)[C@H]2O)cc1. The van der Waals surface area contributed by atoms with Crippen molar-refractivity contribution in [2.45, 2.75) is 36.4 Å². The number of fused-ring (bicyclic) bond motifs is 1. The largest absolute Gasteiger partial charge is 0.387 e. The third-order valence-electron chi connectivity index (χ3n) is 6.13. The van der Waals surface area contributed by atoms with Gasteiger partial charge in [-0.3, -0.25) is 14.7 Å². The number of aliphatic hydroxyl groups is 2. The molecule has 1 saturated heterocycles. The molecule has 3 aromatic rings. The van der Waals surface area contributed by atoms with Gasteiger partial charge in [-0.2, -0.15) is 4.31 Å². The Hall–Kier alpha value is -4.22. The van der Waals surface area contributed by atoms with E-state index in [0.717, 1.165) is 6.33 Å². The van der Waals surface area contributed by atoms with Gasteiger partial charge in [-0.05, 0) is 31.2 Å². The Kier molecular flexibility index (Phi) is 9.09. The van der Waals surface area contributed by atoms with E-state index in [-0.39, 0.29) is 35.0 Å². The molecule has 0 bridgehead atoms. The number of aliphatic hydroxyl groups excluding tert-OH is 2. The van der Waals surface area contributed by atoms with Crippen LogP contribution in [-0.4, -0.2) is 92.3 Å². The molecule has 1 fully saturated rings. The number of hydrogen-bond donors (Lipinski definition) is 5. The van der Waals surface area contributed by atoms with Crippen LogP contribution in [0.5, 0.6) is 0 Å². The van der Waals surface area contributed by atoms with Crippen molar-refractivity contribution in [2.24, 2.45) is 0 Å². The maximum atomic E-state index is 12.9. The van der Waals surface area contributed by atoms with E-state index in [1.165, 1.54) is 51.6 Å². The smallest absolute Gasteiger partial charge is 0.324 e. The van der Waals surface area contributed by atoms with Crippen molar-refractivity contribution in [3.63, 3.8) is 0 Å². The zero-order valence-corrected chi connectivity index (χ0v) is 22.9. The number of ether oxygens (including phenoxy) is 1. The zero-order valence-electron chi connectivity index (χ0n) is 22.0. The van der Waals surface area contributed by atoms with Crippen molar-refractivity contribution in [3.8, 4) is 0 Å². The van der Waals surface area contributed by atoms with E-state index in [1.54, 1.807) is 6.92 Å². The number of hydrogen-bond acceptors (Lipinski definition) is 10. The second-order valence-electron chi connectivity index (χ2n) is 8.87. The average Bonchev–Trinajstić information content (AvgIpc) is 3.50. The van der Waals surface area contributed by atoms with Crippen LogP contribution in [0.3, 0.4) is 0 Å². The second kappa shape index (κ2) is 12.5. The highest BCUT2D eigenvalue weighted by Crippen LogP contribution is 2.32. The number of nitrogens with one attached hydrogen (secondary N) is 3. The maximum absolute atomic E-state index is 12.9. The molecule has 16 heteroatoms. The normalized spacial score (nSPS) is 20.6. The summed E-state index contributed by atoms with van der Waals surface area (Å²) in [6.45, 7) is 9.41. The van der Waals surface area contributed by atoms with E-state index in [4.69, 9.17) is 4.74 Å². The molecule has 0 unspecified atom stereocenters. The average molecular weight is 587 g/mol. The van der Waals surface area contributed by atoms with Gasteiger partial charge in [-0.15, -0.1) is 13.2 Å². The van der Waals surface area contributed by atoms with Gasteiger partial charge in [0.15, 0.2) is 29.3 Å². The van der Waals surface area contributed by atoms with Crippen LogP contribution >= 0.6 is 0 Å². The van der Waals surface area contributed by atoms with Gasteiger partial charge in [0.1, 0.15) is 18.5 Å². The maximum Gasteiger partial charge on any atom is 0.324 e. The van der Waals surface area contributed by atoms with Gasteiger partial charge in [0.25, 0.3) is 5.91 Å². The summed E-state index contributed by atoms with van der Waals surface area (Å²) in [5.41, 5.74) is 0.630.